The number of hydrogen-bond donors (Lipinski definition) is 2. The molecule has 3 N–H and O–H groups in total. The van der Waals surface area contributed by atoms with Gasteiger partial charge in [0.2, 0.25) is 0 Å². The van der Waals surface area contributed by atoms with Crippen molar-refractivity contribution in [3.63, 3.8) is 0 Å². The van der Waals surface area contributed by atoms with E-state index in [0.29, 0.717) is 10.6 Å². The average Bonchev–Trinajstić information content (AvgIpc) is 2.75. The lowest BCUT2D eigenvalue weighted by molar-refractivity contribution is 0.103. The number of thiophene rings is 1. The lowest BCUT2D eigenvalue weighted by Crippen LogP contribution is -2.23. The average molecular weight is 258 g/mol. The first-order valence-corrected chi connectivity index (χ1v) is 6.79. The molecule has 18 heavy (non-hydrogen) atoms. The zero-order valence-electron chi connectivity index (χ0n) is 9.90. The summed E-state index contributed by atoms with van der Waals surface area (Å²) in [6, 6.07) is 9.35. The summed E-state index contributed by atoms with van der Waals surface area (Å²) in [5, 5.41) is 3.95. The molecule has 1 aliphatic rings. The predicted octanol–water partition coefficient (Wildman–Crippen LogP) is 2.21. The Labute approximate surface area is 110 Å². The molecule has 1 aromatic carbocycles. The van der Waals surface area contributed by atoms with Crippen molar-refractivity contribution in [2.45, 2.75) is 13.0 Å². The van der Waals surface area contributed by atoms with E-state index in [1.54, 1.807) is 0 Å². The van der Waals surface area contributed by atoms with Gasteiger partial charge in [0.1, 0.15) is 0 Å². The second kappa shape index (κ2) is 4.55. The van der Waals surface area contributed by atoms with Gasteiger partial charge >= 0.3 is 0 Å². The maximum absolute atomic E-state index is 12.5. The Balaban J connectivity index is 2.07. The van der Waals surface area contributed by atoms with Crippen LogP contribution in [0, 0.1) is 0 Å². The van der Waals surface area contributed by atoms with Gasteiger partial charge < -0.3 is 11.1 Å². The molecule has 1 aliphatic heterocycles. The summed E-state index contributed by atoms with van der Waals surface area (Å²) < 4.78 is 0. The van der Waals surface area contributed by atoms with Gasteiger partial charge in [-0.05, 0) is 18.5 Å². The van der Waals surface area contributed by atoms with E-state index in [-0.39, 0.29) is 5.78 Å². The molecule has 0 unspecified atom stereocenters. The SMILES string of the molecule is Nc1sc2c(c1C(=O)c1ccccc1)CCNC2. The van der Waals surface area contributed by atoms with Gasteiger partial charge in [-0.3, -0.25) is 4.79 Å². The fourth-order valence-corrected chi connectivity index (χ4v) is 3.42. The molecule has 2 heterocycles. The number of carbonyl (C=O) groups is 1. The van der Waals surface area contributed by atoms with Gasteiger partial charge in [-0.2, -0.15) is 0 Å². The zero-order valence-corrected chi connectivity index (χ0v) is 10.7. The Hall–Kier alpha value is -1.65. The van der Waals surface area contributed by atoms with E-state index in [1.165, 1.54) is 16.2 Å². The summed E-state index contributed by atoms with van der Waals surface area (Å²) in [7, 11) is 0. The van der Waals surface area contributed by atoms with E-state index in [1.807, 2.05) is 30.3 Å². The maximum Gasteiger partial charge on any atom is 0.196 e. The van der Waals surface area contributed by atoms with Gasteiger partial charge in [0.15, 0.2) is 5.78 Å². The molecule has 0 bridgehead atoms. The molecule has 3 nitrogen and oxygen atoms in total. The van der Waals surface area contributed by atoms with E-state index in [0.717, 1.165) is 30.6 Å². The molecule has 4 heteroatoms. The highest BCUT2D eigenvalue weighted by Gasteiger charge is 2.24. The van der Waals surface area contributed by atoms with E-state index < -0.39 is 0 Å². The van der Waals surface area contributed by atoms with Crippen molar-refractivity contribution < 1.29 is 4.79 Å². The van der Waals surface area contributed by atoms with Crippen LogP contribution in [0.4, 0.5) is 5.00 Å². The molecule has 2 aromatic rings. The number of hydrogen-bond acceptors (Lipinski definition) is 4. The quantitative estimate of drug-likeness (QED) is 0.812. The van der Waals surface area contributed by atoms with Gasteiger partial charge in [-0.25, -0.2) is 0 Å². The van der Waals surface area contributed by atoms with Crippen molar-refractivity contribution in [2.24, 2.45) is 0 Å². The van der Waals surface area contributed by atoms with E-state index in [4.69, 9.17) is 5.73 Å². The Morgan fingerprint density at radius 1 is 1.28 bits per heavy atom. The van der Waals surface area contributed by atoms with Crippen LogP contribution in [0.2, 0.25) is 0 Å². The number of anilines is 1. The first-order chi connectivity index (χ1) is 8.77. The summed E-state index contributed by atoms with van der Waals surface area (Å²) in [5.41, 5.74) is 8.61. The molecule has 0 saturated carbocycles. The maximum atomic E-state index is 12.5. The third-order valence-corrected chi connectivity index (χ3v) is 4.28. The molecule has 3 rings (SSSR count). The van der Waals surface area contributed by atoms with Crippen LogP contribution in [0.25, 0.3) is 0 Å². The third kappa shape index (κ3) is 1.83. The van der Waals surface area contributed by atoms with Gasteiger partial charge in [0, 0.05) is 17.0 Å². The zero-order chi connectivity index (χ0) is 12.5. The van der Waals surface area contributed by atoms with E-state index >= 15 is 0 Å². The van der Waals surface area contributed by atoms with Crippen LogP contribution in [-0.2, 0) is 13.0 Å². The summed E-state index contributed by atoms with van der Waals surface area (Å²) in [5.74, 6) is 0.0486. The van der Waals surface area contributed by atoms with Crippen molar-refractivity contribution in [1.29, 1.82) is 0 Å². The Morgan fingerprint density at radius 2 is 2.06 bits per heavy atom. The molecule has 0 spiro atoms. The number of nitrogen functional groups attached to an aromatic ring is 1. The lowest BCUT2D eigenvalue weighted by atomic mass is 9.97. The second-order valence-corrected chi connectivity index (χ2v) is 5.50. The summed E-state index contributed by atoms with van der Waals surface area (Å²) in [4.78, 5) is 13.7. The Bertz CT molecular complexity index is 589. The normalized spacial score (nSPS) is 14.2. The number of ketones is 1. The highest BCUT2D eigenvalue weighted by Crippen LogP contribution is 2.34. The van der Waals surface area contributed by atoms with Gasteiger partial charge in [-0.15, -0.1) is 11.3 Å². The molecule has 1 aromatic heterocycles. The van der Waals surface area contributed by atoms with Crippen LogP contribution in [0.5, 0.6) is 0 Å². The van der Waals surface area contributed by atoms with Crippen molar-refractivity contribution in [3.05, 3.63) is 51.9 Å². The third-order valence-electron chi connectivity index (χ3n) is 3.22. The summed E-state index contributed by atoms with van der Waals surface area (Å²) >= 11 is 1.53. The molecular weight excluding hydrogens is 244 g/mol. The first-order valence-electron chi connectivity index (χ1n) is 5.98. The van der Waals surface area contributed by atoms with Gasteiger partial charge in [0.05, 0.1) is 10.6 Å². The van der Waals surface area contributed by atoms with Crippen LogP contribution in [0.1, 0.15) is 26.4 Å². The Morgan fingerprint density at radius 3 is 2.83 bits per heavy atom. The van der Waals surface area contributed by atoms with Crippen molar-refractivity contribution in [2.75, 3.05) is 12.3 Å². The number of benzene rings is 1. The van der Waals surface area contributed by atoms with Crippen LogP contribution < -0.4 is 11.1 Å². The van der Waals surface area contributed by atoms with E-state index in [9.17, 15) is 4.79 Å². The minimum absolute atomic E-state index is 0.0486. The monoisotopic (exact) mass is 258 g/mol. The molecule has 0 amide bonds. The van der Waals surface area contributed by atoms with Crippen molar-refractivity contribution in [1.82, 2.24) is 5.32 Å². The Kier molecular flexibility index (Phi) is 2.89. The number of fused-ring (bicyclic) bond motifs is 1. The van der Waals surface area contributed by atoms with Crippen LogP contribution in [0.3, 0.4) is 0 Å². The number of nitrogens with two attached hydrogens (primary N) is 1. The van der Waals surface area contributed by atoms with Gasteiger partial charge in [0.25, 0.3) is 0 Å². The molecule has 0 aliphatic carbocycles. The minimum atomic E-state index is 0.0486. The highest BCUT2D eigenvalue weighted by molar-refractivity contribution is 7.16. The van der Waals surface area contributed by atoms with E-state index in [2.05, 4.69) is 5.32 Å². The minimum Gasteiger partial charge on any atom is -0.390 e. The fraction of sp³-hybridized carbons (Fsp3) is 0.214. The van der Waals surface area contributed by atoms with Crippen molar-refractivity contribution >= 4 is 22.1 Å². The standard InChI is InChI=1S/C14H14N2OS/c15-14-12(10-6-7-16-8-11(10)18-14)13(17)9-4-2-1-3-5-9/h1-5,16H,6-8,15H2. The topological polar surface area (TPSA) is 55.1 Å². The molecule has 0 saturated heterocycles. The summed E-state index contributed by atoms with van der Waals surface area (Å²) in [6.07, 6.45) is 0.886. The van der Waals surface area contributed by atoms with Crippen LogP contribution in [0.15, 0.2) is 30.3 Å². The summed E-state index contributed by atoms with van der Waals surface area (Å²) in [6.45, 7) is 1.74. The fourth-order valence-electron chi connectivity index (χ4n) is 2.34. The highest BCUT2D eigenvalue weighted by atomic mass is 32.1. The van der Waals surface area contributed by atoms with Crippen molar-refractivity contribution in [3.8, 4) is 0 Å². The smallest absolute Gasteiger partial charge is 0.196 e. The number of carbonyl (C=O) groups excluding carboxylic acids is 1. The van der Waals surface area contributed by atoms with Crippen LogP contribution >= 0.6 is 11.3 Å². The number of rotatable bonds is 2. The molecule has 0 fully saturated rings. The molecule has 0 atom stereocenters. The van der Waals surface area contributed by atoms with Crippen LogP contribution in [-0.4, -0.2) is 12.3 Å². The lowest BCUT2D eigenvalue weighted by Gasteiger charge is -2.13. The first kappa shape index (κ1) is 11.4. The second-order valence-electron chi connectivity index (χ2n) is 4.36. The molecular formula is C14H14N2OS. The number of nitrogens with one attached hydrogen (secondary N) is 1. The predicted molar refractivity (Wildman–Crippen MR) is 74.0 cm³/mol. The van der Waals surface area contributed by atoms with Gasteiger partial charge in [-0.1, -0.05) is 30.3 Å². The largest absolute Gasteiger partial charge is 0.390 e. The molecule has 92 valence electrons. The molecule has 0 radical (unpaired) electrons.